The van der Waals surface area contributed by atoms with Crippen LogP contribution in [-0.2, 0) is 6.54 Å². The van der Waals surface area contributed by atoms with Gasteiger partial charge in [0.05, 0.1) is 26.3 Å². The van der Waals surface area contributed by atoms with Gasteiger partial charge >= 0.3 is 5.69 Å². The lowest BCUT2D eigenvalue weighted by molar-refractivity contribution is 0.0971. The van der Waals surface area contributed by atoms with Crippen LogP contribution in [0.5, 0.6) is 11.5 Å². The Kier molecular flexibility index (Phi) is 4.31. The van der Waals surface area contributed by atoms with Crippen LogP contribution in [-0.4, -0.2) is 39.2 Å². The number of rotatable bonds is 5. The summed E-state index contributed by atoms with van der Waals surface area (Å²) in [4.78, 5) is 30.2. The minimum Gasteiger partial charge on any atom is -0.493 e. The van der Waals surface area contributed by atoms with E-state index in [1.54, 1.807) is 31.2 Å². The van der Waals surface area contributed by atoms with Crippen molar-refractivity contribution in [2.75, 3.05) is 14.2 Å². The van der Waals surface area contributed by atoms with E-state index in [1.165, 1.54) is 23.3 Å². The van der Waals surface area contributed by atoms with Crippen molar-refractivity contribution in [1.29, 1.82) is 0 Å². The number of aromatic nitrogens is 4. The Morgan fingerprint density at radius 2 is 1.82 bits per heavy atom. The molecule has 0 atom stereocenters. The normalized spacial score (nSPS) is 11.1. The van der Waals surface area contributed by atoms with Gasteiger partial charge in [0.15, 0.2) is 22.9 Å². The summed E-state index contributed by atoms with van der Waals surface area (Å²) in [6, 6.07) is 12.2. The number of hydrogen-bond acceptors (Lipinski definition) is 6. The van der Waals surface area contributed by atoms with Crippen molar-refractivity contribution in [3.63, 3.8) is 0 Å². The maximum atomic E-state index is 13.0. The van der Waals surface area contributed by atoms with Crippen LogP contribution in [0.4, 0.5) is 0 Å². The Balaban J connectivity index is 1.84. The van der Waals surface area contributed by atoms with E-state index in [0.29, 0.717) is 34.1 Å². The highest BCUT2D eigenvalue weighted by atomic mass is 16.5. The van der Waals surface area contributed by atoms with Crippen molar-refractivity contribution in [2.24, 2.45) is 0 Å². The molecule has 8 nitrogen and oxygen atoms in total. The molecule has 0 N–H and O–H groups in total. The second kappa shape index (κ2) is 6.80. The first-order valence-electron chi connectivity index (χ1n) is 8.63. The van der Waals surface area contributed by atoms with Gasteiger partial charge in [-0.3, -0.25) is 9.36 Å². The molecule has 8 heteroatoms. The minimum atomic E-state index is -0.414. The van der Waals surface area contributed by atoms with Gasteiger partial charge in [-0.15, -0.1) is 5.10 Å². The number of hydrogen-bond donors (Lipinski definition) is 0. The zero-order valence-electron chi connectivity index (χ0n) is 15.7. The summed E-state index contributed by atoms with van der Waals surface area (Å²) in [5.41, 5.74) is 1.11. The zero-order chi connectivity index (χ0) is 19.8. The highest BCUT2D eigenvalue weighted by Gasteiger charge is 2.17. The van der Waals surface area contributed by atoms with Crippen LogP contribution in [0.1, 0.15) is 16.2 Å². The van der Waals surface area contributed by atoms with Crippen molar-refractivity contribution >= 4 is 22.3 Å². The molecule has 2 aromatic heterocycles. The minimum absolute atomic E-state index is 0.135. The number of fused-ring (bicyclic) bond motifs is 3. The van der Waals surface area contributed by atoms with E-state index in [4.69, 9.17) is 9.47 Å². The fourth-order valence-electron chi connectivity index (χ4n) is 3.24. The number of Topliss-reactive ketones (excluding diaryl/α,β-unsaturated/α-hetero) is 1. The molecule has 0 aliphatic rings. The van der Waals surface area contributed by atoms with E-state index >= 15 is 0 Å². The van der Waals surface area contributed by atoms with Crippen LogP contribution in [0.15, 0.2) is 47.3 Å². The van der Waals surface area contributed by atoms with Crippen LogP contribution >= 0.6 is 0 Å². The number of nitrogens with zero attached hydrogens (tertiary/aromatic N) is 4. The van der Waals surface area contributed by atoms with Gasteiger partial charge in [-0.25, -0.2) is 9.78 Å². The van der Waals surface area contributed by atoms with Gasteiger partial charge < -0.3 is 9.47 Å². The molecule has 4 rings (SSSR count). The Morgan fingerprint density at radius 1 is 1.07 bits per heavy atom. The Labute approximate surface area is 160 Å². The van der Waals surface area contributed by atoms with Crippen LogP contribution in [0.25, 0.3) is 16.6 Å². The molecule has 0 radical (unpaired) electrons. The first kappa shape index (κ1) is 17.7. The first-order chi connectivity index (χ1) is 13.5. The Bertz CT molecular complexity index is 1270. The predicted molar refractivity (Wildman–Crippen MR) is 103 cm³/mol. The molecule has 0 spiro atoms. The van der Waals surface area contributed by atoms with Gasteiger partial charge in [0, 0.05) is 10.9 Å². The van der Waals surface area contributed by atoms with E-state index in [1.807, 2.05) is 18.2 Å². The van der Waals surface area contributed by atoms with Crippen LogP contribution in [0.3, 0.4) is 0 Å². The van der Waals surface area contributed by atoms with Crippen LogP contribution in [0, 0.1) is 6.92 Å². The molecular formula is C20H18N4O4. The number of carbonyl (C=O) groups is 1. The van der Waals surface area contributed by atoms with Crippen molar-refractivity contribution in [1.82, 2.24) is 19.2 Å². The van der Waals surface area contributed by atoms with E-state index < -0.39 is 5.69 Å². The molecule has 4 aromatic rings. The number of methoxy groups -OCH3 is 2. The monoisotopic (exact) mass is 378 g/mol. The molecule has 0 saturated heterocycles. The summed E-state index contributed by atoms with van der Waals surface area (Å²) >= 11 is 0. The number of ether oxygens (including phenoxy) is 2. The van der Waals surface area contributed by atoms with E-state index in [9.17, 15) is 9.59 Å². The molecule has 0 unspecified atom stereocenters. The summed E-state index contributed by atoms with van der Waals surface area (Å²) in [6.45, 7) is 1.59. The smallest absolute Gasteiger partial charge is 0.351 e. The van der Waals surface area contributed by atoms with E-state index in [-0.39, 0.29) is 12.3 Å². The van der Waals surface area contributed by atoms with Gasteiger partial charge in [-0.05, 0) is 37.3 Å². The maximum absolute atomic E-state index is 13.0. The number of benzene rings is 2. The topological polar surface area (TPSA) is 87.7 Å². The van der Waals surface area contributed by atoms with Gasteiger partial charge in [0.2, 0.25) is 0 Å². The Morgan fingerprint density at radius 3 is 2.57 bits per heavy atom. The standard InChI is InChI=1S/C20H18N4O4/c1-12-21-19-14-6-4-5-7-15(14)23(20(26)24(19)22-12)11-16(25)13-8-9-17(27-2)18(10-13)28-3/h4-10H,11H2,1-3H3. The summed E-state index contributed by atoms with van der Waals surface area (Å²) in [7, 11) is 3.03. The van der Waals surface area contributed by atoms with Crippen molar-refractivity contribution in [2.45, 2.75) is 13.5 Å². The van der Waals surface area contributed by atoms with Crippen molar-refractivity contribution in [3.8, 4) is 11.5 Å². The Hall–Kier alpha value is -3.68. The summed E-state index contributed by atoms with van der Waals surface area (Å²) in [5.74, 6) is 1.24. The van der Waals surface area contributed by atoms with Crippen LogP contribution < -0.4 is 15.2 Å². The third kappa shape index (κ3) is 2.79. The quantitative estimate of drug-likeness (QED) is 0.495. The predicted octanol–water partition coefficient (Wildman–Crippen LogP) is 2.25. The molecule has 2 aromatic carbocycles. The number of ketones is 1. The summed E-state index contributed by atoms with van der Waals surface area (Å²) in [6.07, 6.45) is 0. The van der Waals surface area contributed by atoms with Gasteiger partial charge in [0.25, 0.3) is 0 Å². The average Bonchev–Trinajstić information content (AvgIpc) is 3.12. The molecular weight excluding hydrogens is 360 g/mol. The number of carbonyl (C=O) groups excluding carboxylic acids is 1. The molecule has 0 bridgehead atoms. The average molecular weight is 378 g/mol. The molecule has 142 valence electrons. The molecule has 0 aliphatic heterocycles. The van der Waals surface area contributed by atoms with E-state index in [0.717, 1.165) is 5.39 Å². The first-order valence-corrected chi connectivity index (χ1v) is 8.63. The second-order valence-corrected chi connectivity index (χ2v) is 6.27. The van der Waals surface area contributed by atoms with Gasteiger partial charge in [0.1, 0.15) is 5.82 Å². The van der Waals surface area contributed by atoms with E-state index in [2.05, 4.69) is 10.1 Å². The maximum Gasteiger partial charge on any atom is 0.351 e. The highest BCUT2D eigenvalue weighted by Crippen LogP contribution is 2.28. The summed E-state index contributed by atoms with van der Waals surface area (Å²) < 4.78 is 13.1. The highest BCUT2D eigenvalue weighted by molar-refractivity contribution is 5.98. The lowest BCUT2D eigenvalue weighted by Crippen LogP contribution is -2.30. The third-order valence-electron chi connectivity index (χ3n) is 4.57. The molecule has 0 aliphatic carbocycles. The second-order valence-electron chi connectivity index (χ2n) is 6.27. The number of para-hydroxylation sites is 1. The SMILES string of the molecule is COc1ccc(C(=O)Cn2c(=O)n3nc(C)nc3c3ccccc32)cc1OC. The fraction of sp³-hybridized carbons (Fsp3) is 0.200. The third-order valence-corrected chi connectivity index (χ3v) is 4.57. The van der Waals surface area contributed by atoms with Crippen LogP contribution in [0.2, 0.25) is 0 Å². The molecule has 0 fully saturated rings. The van der Waals surface area contributed by atoms with Crippen molar-refractivity contribution < 1.29 is 14.3 Å². The lowest BCUT2D eigenvalue weighted by Gasteiger charge is -2.12. The molecule has 0 saturated carbocycles. The largest absolute Gasteiger partial charge is 0.493 e. The molecule has 28 heavy (non-hydrogen) atoms. The van der Waals surface area contributed by atoms with Gasteiger partial charge in [-0.2, -0.15) is 4.52 Å². The zero-order valence-corrected chi connectivity index (χ0v) is 15.7. The molecule has 0 amide bonds. The lowest BCUT2D eigenvalue weighted by atomic mass is 10.1. The summed E-state index contributed by atoms with van der Waals surface area (Å²) in [5, 5.41) is 4.93. The van der Waals surface area contributed by atoms with Gasteiger partial charge in [-0.1, -0.05) is 12.1 Å². The number of aryl methyl sites for hydroxylation is 1. The van der Waals surface area contributed by atoms with Crippen molar-refractivity contribution in [3.05, 3.63) is 64.3 Å². The molecule has 2 heterocycles. The fourth-order valence-corrected chi connectivity index (χ4v) is 3.24.